The van der Waals surface area contributed by atoms with Gasteiger partial charge in [0.05, 0.1) is 5.69 Å². The molecule has 106 valence electrons. The molecule has 2 rings (SSSR count). The van der Waals surface area contributed by atoms with Gasteiger partial charge in [0, 0.05) is 11.1 Å². The standard InChI is InChI=1S/C16H23ClFN/c1-15(2)8-12(9-16(3,4)10-15)19-14-6-5-11(17)7-13(14)18/h5-7,12,19H,8-10H2,1-4H3. The van der Waals surface area contributed by atoms with Gasteiger partial charge >= 0.3 is 0 Å². The summed E-state index contributed by atoms with van der Waals surface area (Å²) in [5, 5.41) is 3.79. The summed E-state index contributed by atoms with van der Waals surface area (Å²) in [6.45, 7) is 9.17. The van der Waals surface area contributed by atoms with Crippen molar-refractivity contribution >= 4 is 17.3 Å². The third-order valence-corrected chi connectivity index (χ3v) is 4.08. The second-order valence-corrected chi connectivity index (χ2v) is 7.82. The van der Waals surface area contributed by atoms with Gasteiger partial charge < -0.3 is 5.32 Å². The highest BCUT2D eigenvalue weighted by molar-refractivity contribution is 6.30. The summed E-state index contributed by atoms with van der Waals surface area (Å²) in [6, 6.07) is 5.14. The molecule has 0 heterocycles. The minimum Gasteiger partial charge on any atom is -0.380 e. The molecular weight excluding hydrogens is 261 g/mol. The molecule has 0 radical (unpaired) electrons. The first-order valence-corrected chi connectivity index (χ1v) is 7.26. The van der Waals surface area contributed by atoms with Crippen LogP contribution in [0.15, 0.2) is 18.2 Å². The second-order valence-electron chi connectivity index (χ2n) is 7.38. The Morgan fingerprint density at radius 2 is 1.74 bits per heavy atom. The lowest BCUT2D eigenvalue weighted by Crippen LogP contribution is -2.40. The maximum atomic E-state index is 13.8. The van der Waals surface area contributed by atoms with Crippen molar-refractivity contribution in [3.8, 4) is 0 Å². The van der Waals surface area contributed by atoms with Gasteiger partial charge in [-0.3, -0.25) is 0 Å². The Labute approximate surface area is 120 Å². The highest BCUT2D eigenvalue weighted by atomic mass is 35.5. The van der Waals surface area contributed by atoms with Crippen LogP contribution in [0, 0.1) is 16.6 Å². The van der Waals surface area contributed by atoms with Crippen LogP contribution in [0.2, 0.25) is 5.02 Å². The molecule has 19 heavy (non-hydrogen) atoms. The van der Waals surface area contributed by atoms with E-state index in [1.807, 2.05) is 0 Å². The number of anilines is 1. The third kappa shape index (κ3) is 3.85. The number of hydrogen-bond acceptors (Lipinski definition) is 1. The molecule has 3 heteroatoms. The minimum absolute atomic E-state index is 0.270. The van der Waals surface area contributed by atoms with Gasteiger partial charge in [-0.15, -0.1) is 0 Å². The van der Waals surface area contributed by atoms with E-state index in [1.165, 1.54) is 12.5 Å². The van der Waals surface area contributed by atoms with E-state index in [4.69, 9.17) is 11.6 Å². The summed E-state index contributed by atoms with van der Waals surface area (Å²) in [6.07, 6.45) is 3.35. The Morgan fingerprint density at radius 1 is 1.16 bits per heavy atom. The first-order valence-electron chi connectivity index (χ1n) is 6.89. The van der Waals surface area contributed by atoms with Crippen molar-refractivity contribution in [2.75, 3.05) is 5.32 Å². The Hall–Kier alpha value is -0.760. The number of rotatable bonds is 2. The average Bonchev–Trinajstić information content (AvgIpc) is 2.17. The molecule has 1 aliphatic rings. The molecule has 0 spiro atoms. The van der Waals surface area contributed by atoms with E-state index >= 15 is 0 Å². The molecule has 1 aliphatic carbocycles. The van der Waals surface area contributed by atoms with Crippen LogP contribution in [0.1, 0.15) is 47.0 Å². The van der Waals surface area contributed by atoms with Gasteiger partial charge in [0.2, 0.25) is 0 Å². The summed E-state index contributed by atoms with van der Waals surface area (Å²) < 4.78 is 13.8. The lowest BCUT2D eigenvalue weighted by molar-refractivity contribution is 0.105. The zero-order valence-corrected chi connectivity index (χ0v) is 12.9. The number of halogens is 2. The predicted molar refractivity (Wildman–Crippen MR) is 80.2 cm³/mol. The Morgan fingerprint density at radius 3 is 2.26 bits per heavy atom. The highest BCUT2D eigenvalue weighted by Crippen LogP contribution is 2.46. The Kier molecular flexibility index (Phi) is 3.83. The molecule has 1 aromatic rings. The van der Waals surface area contributed by atoms with Gasteiger partial charge in [-0.05, 0) is 48.3 Å². The molecule has 1 nitrogen and oxygen atoms in total. The summed E-state index contributed by atoms with van der Waals surface area (Å²) in [7, 11) is 0. The van der Waals surface area contributed by atoms with Gasteiger partial charge in [-0.25, -0.2) is 4.39 Å². The number of benzene rings is 1. The van der Waals surface area contributed by atoms with Gasteiger partial charge in [0.15, 0.2) is 0 Å². The normalized spacial score (nSPS) is 22.2. The van der Waals surface area contributed by atoms with Gasteiger partial charge in [-0.1, -0.05) is 39.3 Å². The number of hydrogen-bond donors (Lipinski definition) is 1. The molecule has 0 amide bonds. The molecule has 0 aliphatic heterocycles. The molecule has 1 N–H and O–H groups in total. The topological polar surface area (TPSA) is 12.0 Å². The van der Waals surface area contributed by atoms with Crippen LogP contribution >= 0.6 is 11.6 Å². The molecule has 0 bridgehead atoms. The number of nitrogens with one attached hydrogen (secondary N) is 1. The maximum Gasteiger partial charge on any atom is 0.147 e. The van der Waals surface area contributed by atoms with Crippen molar-refractivity contribution in [1.82, 2.24) is 0 Å². The smallest absolute Gasteiger partial charge is 0.147 e. The van der Waals surface area contributed by atoms with Gasteiger partial charge in [0.25, 0.3) is 0 Å². The summed E-state index contributed by atoms with van der Waals surface area (Å²) in [4.78, 5) is 0. The van der Waals surface area contributed by atoms with Crippen molar-refractivity contribution in [3.05, 3.63) is 29.0 Å². The van der Waals surface area contributed by atoms with Crippen molar-refractivity contribution in [2.45, 2.75) is 53.0 Å². The van der Waals surface area contributed by atoms with Crippen LogP contribution in [0.3, 0.4) is 0 Å². The minimum atomic E-state index is -0.270. The fraction of sp³-hybridized carbons (Fsp3) is 0.625. The van der Waals surface area contributed by atoms with Crippen LogP contribution in [-0.2, 0) is 0 Å². The molecule has 1 fully saturated rings. The van der Waals surface area contributed by atoms with Crippen LogP contribution in [0.25, 0.3) is 0 Å². The average molecular weight is 284 g/mol. The monoisotopic (exact) mass is 283 g/mol. The van der Waals surface area contributed by atoms with Crippen LogP contribution in [0.5, 0.6) is 0 Å². The van der Waals surface area contributed by atoms with Crippen LogP contribution < -0.4 is 5.32 Å². The van der Waals surface area contributed by atoms with Crippen molar-refractivity contribution in [2.24, 2.45) is 10.8 Å². The van der Waals surface area contributed by atoms with Crippen molar-refractivity contribution in [3.63, 3.8) is 0 Å². The highest BCUT2D eigenvalue weighted by Gasteiger charge is 2.38. The predicted octanol–water partition coefficient (Wildman–Crippen LogP) is 5.50. The van der Waals surface area contributed by atoms with Crippen molar-refractivity contribution < 1.29 is 4.39 Å². The zero-order chi connectivity index (χ0) is 14.3. The van der Waals surface area contributed by atoms with Gasteiger partial charge in [0.1, 0.15) is 5.82 Å². The molecular formula is C16H23ClFN. The van der Waals surface area contributed by atoms with E-state index in [1.54, 1.807) is 12.1 Å². The van der Waals surface area contributed by atoms with E-state index < -0.39 is 0 Å². The lowest BCUT2D eigenvalue weighted by atomic mass is 9.63. The fourth-order valence-electron chi connectivity index (χ4n) is 3.77. The summed E-state index contributed by atoms with van der Waals surface area (Å²) >= 11 is 5.78. The third-order valence-electron chi connectivity index (χ3n) is 3.85. The molecule has 1 saturated carbocycles. The fourth-order valence-corrected chi connectivity index (χ4v) is 3.93. The molecule has 0 unspecified atom stereocenters. The molecule has 0 saturated heterocycles. The largest absolute Gasteiger partial charge is 0.380 e. The van der Waals surface area contributed by atoms with Gasteiger partial charge in [-0.2, -0.15) is 0 Å². The molecule has 0 aromatic heterocycles. The van der Waals surface area contributed by atoms with E-state index in [2.05, 4.69) is 33.0 Å². The molecule has 1 aromatic carbocycles. The Balaban J connectivity index is 2.14. The Bertz CT molecular complexity index is 452. The summed E-state index contributed by atoms with van der Waals surface area (Å²) in [5.74, 6) is -0.270. The molecule has 0 atom stereocenters. The van der Waals surface area contributed by atoms with E-state index in [-0.39, 0.29) is 5.82 Å². The van der Waals surface area contributed by atoms with E-state index in [9.17, 15) is 4.39 Å². The van der Waals surface area contributed by atoms with E-state index in [0.29, 0.717) is 27.6 Å². The maximum absolute atomic E-state index is 13.8. The van der Waals surface area contributed by atoms with E-state index in [0.717, 1.165) is 12.8 Å². The first-order chi connectivity index (χ1) is 8.67. The van der Waals surface area contributed by atoms with Crippen LogP contribution in [-0.4, -0.2) is 6.04 Å². The first kappa shape index (κ1) is 14.6. The summed E-state index contributed by atoms with van der Waals surface area (Å²) in [5.41, 5.74) is 1.15. The SMILES string of the molecule is CC1(C)CC(Nc2ccc(Cl)cc2F)CC(C)(C)C1. The second kappa shape index (κ2) is 4.97. The van der Waals surface area contributed by atoms with Crippen molar-refractivity contribution in [1.29, 1.82) is 0 Å². The lowest BCUT2D eigenvalue weighted by Gasteiger charge is -2.45. The van der Waals surface area contributed by atoms with Crippen LogP contribution in [0.4, 0.5) is 10.1 Å². The quantitative estimate of drug-likeness (QED) is 0.756. The zero-order valence-electron chi connectivity index (χ0n) is 12.2.